The molecular weight excluding hydrogens is 228 g/mol. The molecule has 2 N–H and O–H groups in total. The molecule has 4 nitrogen and oxygen atoms in total. The minimum Gasteiger partial charge on any atom is -0.408 e. The molecule has 2 aromatic rings. The first-order valence-electron chi connectivity index (χ1n) is 6.62. The zero-order chi connectivity index (χ0) is 12.5. The van der Waals surface area contributed by atoms with E-state index in [0.29, 0.717) is 17.5 Å². The molecule has 1 aromatic heterocycles. The quantitative estimate of drug-likeness (QED) is 0.856. The lowest BCUT2D eigenvalue weighted by Crippen LogP contribution is -2.30. The zero-order valence-electron chi connectivity index (χ0n) is 10.5. The number of hydrogen-bond donors (Lipinski definition) is 2. The minimum atomic E-state index is -0.395. The number of nitrogens with one attached hydrogen (secondary N) is 2. The molecule has 0 amide bonds. The van der Waals surface area contributed by atoms with Crippen LogP contribution in [0.3, 0.4) is 0 Å². The second-order valence-corrected chi connectivity index (χ2v) is 5.24. The number of oxazole rings is 1. The SMILES string of the molecule is C[C@@H]1CCCC[C@@H]1Nc1ccc2oc(=O)[nH]c2c1. The van der Waals surface area contributed by atoms with Gasteiger partial charge in [-0.25, -0.2) is 4.79 Å². The molecule has 1 saturated carbocycles. The van der Waals surface area contributed by atoms with Crippen LogP contribution in [0.4, 0.5) is 5.69 Å². The van der Waals surface area contributed by atoms with Crippen molar-refractivity contribution in [1.29, 1.82) is 0 Å². The fourth-order valence-electron chi connectivity index (χ4n) is 2.79. The summed E-state index contributed by atoms with van der Waals surface area (Å²) in [5.41, 5.74) is 2.43. The summed E-state index contributed by atoms with van der Waals surface area (Å²) in [7, 11) is 0. The van der Waals surface area contributed by atoms with Crippen molar-refractivity contribution in [3.8, 4) is 0 Å². The Morgan fingerprint density at radius 1 is 1.33 bits per heavy atom. The van der Waals surface area contributed by atoms with Crippen LogP contribution in [0.15, 0.2) is 27.4 Å². The highest BCUT2D eigenvalue weighted by Gasteiger charge is 2.20. The third-order valence-electron chi connectivity index (χ3n) is 3.88. The number of H-pyrrole nitrogens is 1. The largest absolute Gasteiger partial charge is 0.417 e. The summed E-state index contributed by atoms with van der Waals surface area (Å²) in [4.78, 5) is 13.8. The fourth-order valence-corrected chi connectivity index (χ4v) is 2.79. The van der Waals surface area contributed by atoms with Crippen molar-refractivity contribution < 1.29 is 4.42 Å². The third-order valence-corrected chi connectivity index (χ3v) is 3.88. The lowest BCUT2D eigenvalue weighted by Gasteiger charge is -2.30. The van der Waals surface area contributed by atoms with Crippen LogP contribution in [-0.2, 0) is 0 Å². The Balaban J connectivity index is 1.83. The summed E-state index contributed by atoms with van der Waals surface area (Å²) in [5, 5.41) is 3.57. The van der Waals surface area contributed by atoms with Crippen LogP contribution in [-0.4, -0.2) is 11.0 Å². The van der Waals surface area contributed by atoms with Crippen LogP contribution in [0, 0.1) is 5.92 Å². The molecule has 0 spiro atoms. The molecule has 1 aromatic carbocycles. The Morgan fingerprint density at radius 2 is 2.17 bits per heavy atom. The second kappa shape index (κ2) is 4.52. The highest BCUT2D eigenvalue weighted by molar-refractivity contribution is 5.76. The first-order valence-corrected chi connectivity index (χ1v) is 6.62. The fraction of sp³-hybridized carbons (Fsp3) is 0.500. The number of anilines is 1. The molecule has 0 bridgehead atoms. The summed E-state index contributed by atoms with van der Waals surface area (Å²) in [6.07, 6.45) is 5.16. The monoisotopic (exact) mass is 246 g/mol. The maximum Gasteiger partial charge on any atom is 0.417 e. The molecule has 0 radical (unpaired) electrons. The smallest absolute Gasteiger partial charge is 0.408 e. The van der Waals surface area contributed by atoms with Gasteiger partial charge in [0.1, 0.15) is 0 Å². The summed E-state index contributed by atoms with van der Waals surface area (Å²) in [5.74, 6) is 0.311. The Bertz CT molecular complexity index is 599. The van der Waals surface area contributed by atoms with Crippen LogP contribution in [0.25, 0.3) is 11.1 Å². The van der Waals surface area contributed by atoms with E-state index >= 15 is 0 Å². The molecule has 4 heteroatoms. The van der Waals surface area contributed by atoms with Crippen LogP contribution < -0.4 is 11.1 Å². The summed E-state index contributed by atoms with van der Waals surface area (Å²) < 4.78 is 5.00. The van der Waals surface area contributed by atoms with E-state index in [-0.39, 0.29) is 0 Å². The molecule has 1 fully saturated rings. The lowest BCUT2D eigenvalue weighted by atomic mass is 9.86. The molecule has 0 unspecified atom stereocenters. The molecule has 1 aliphatic rings. The van der Waals surface area contributed by atoms with E-state index in [9.17, 15) is 4.79 Å². The van der Waals surface area contributed by atoms with E-state index in [1.165, 1.54) is 25.7 Å². The number of hydrogen-bond acceptors (Lipinski definition) is 3. The number of rotatable bonds is 2. The van der Waals surface area contributed by atoms with Crippen molar-refractivity contribution in [2.24, 2.45) is 5.92 Å². The number of benzene rings is 1. The molecule has 18 heavy (non-hydrogen) atoms. The van der Waals surface area contributed by atoms with Gasteiger partial charge in [-0.15, -0.1) is 0 Å². The van der Waals surface area contributed by atoms with Crippen LogP contribution >= 0.6 is 0 Å². The normalized spacial score (nSPS) is 24.3. The third kappa shape index (κ3) is 2.15. The highest BCUT2D eigenvalue weighted by Crippen LogP contribution is 2.27. The van der Waals surface area contributed by atoms with Crippen LogP contribution in [0.1, 0.15) is 32.6 Å². The predicted octanol–water partition coefficient (Wildman–Crippen LogP) is 3.11. The van der Waals surface area contributed by atoms with Gasteiger partial charge in [0.2, 0.25) is 0 Å². The molecule has 1 aliphatic carbocycles. The van der Waals surface area contributed by atoms with Gasteiger partial charge in [-0.1, -0.05) is 19.8 Å². The van der Waals surface area contributed by atoms with E-state index in [0.717, 1.165) is 11.2 Å². The molecule has 1 heterocycles. The van der Waals surface area contributed by atoms with Crippen molar-refractivity contribution in [3.05, 3.63) is 28.7 Å². The van der Waals surface area contributed by atoms with Gasteiger partial charge in [-0.05, 0) is 37.0 Å². The van der Waals surface area contributed by atoms with Crippen molar-refractivity contribution >= 4 is 16.8 Å². The van der Waals surface area contributed by atoms with Crippen LogP contribution in [0.5, 0.6) is 0 Å². The molecule has 3 rings (SSSR count). The van der Waals surface area contributed by atoms with Gasteiger partial charge in [0.15, 0.2) is 5.58 Å². The predicted molar refractivity (Wildman–Crippen MR) is 71.9 cm³/mol. The van der Waals surface area contributed by atoms with Crippen molar-refractivity contribution in [2.45, 2.75) is 38.6 Å². The van der Waals surface area contributed by atoms with E-state index < -0.39 is 5.76 Å². The average molecular weight is 246 g/mol. The van der Waals surface area contributed by atoms with E-state index in [1.54, 1.807) is 0 Å². The van der Waals surface area contributed by atoms with Crippen molar-refractivity contribution in [2.75, 3.05) is 5.32 Å². The number of aromatic amines is 1. The first kappa shape index (κ1) is 11.4. The summed E-state index contributed by atoms with van der Waals surface area (Å²) >= 11 is 0. The van der Waals surface area contributed by atoms with Gasteiger partial charge in [0.05, 0.1) is 5.52 Å². The van der Waals surface area contributed by atoms with Gasteiger partial charge in [-0.2, -0.15) is 0 Å². The van der Waals surface area contributed by atoms with E-state index in [2.05, 4.69) is 17.2 Å². The Kier molecular flexibility index (Phi) is 2.86. The minimum absolute atomic E-state index is 0.395. The van der Waals surface area contributed by atoms with Gasteiger partial charge in [-0.3, -0.25) is 4.98 Å². The standard InChI is InChI=1S/C14H18N2O2/c1-9-4-2-3-5-11(9)15-10-6-7-13-12(8-10)16-14(17)18-13/h6-9,11,15H,2-5H2,1H3,(H,16,17)/t9-,11+/m1/s1. The number of aromatic nitrogens is 1. The summed E-state index contributed by atoms with van der Waals surface area (Å²) in [6, 6.07) is 6.29. The van der Waals surface area contributed by atoms with Gasteiger partial charge >= 0.3 is 5.76 Å². The molecule has 0 aliphatic heterocycles. The Hall–Kier alpha value is -1.71. The zero-order valence-corrected chi connectivity index (χ0v) is 10.5. The van der Waals surface area contributed by atoms with Crippen LogP contribution in [0.2, 0.25) is 0 Å². The highest BCUT2D eigenvalue weighted by atomic mass is 16.4. The van der Waals surface area contributed by atoms with Crippen molar-refractivity contribution in [1.82, 2.24) is 4.98 Å². The second-order valence-electron chi connectivity index (χ2n) is 5.24. The summed E-state index contributed by atoms with van der Waals surface area (Å²) in [6.45, 7) is 2.30. The lowest BCUT2D eigenvalue weighted by molar-refractivity contribution is 0.349. The molecule has 0 saturated heterocycles. The van der Waals surface area contributed by atoms with E-state index in [1.807, 2.05) is 18.2 Å². The maximum absolute atomic E-state index is 11.1. The molecule has 2 atom stereocenters. The Labute approximate surface area is 105 Å². The average Bonchev–Trinajstić information content (AvgIpc) is 2.71. The molecular formula is C14H18N2O2. The first-order chi connectivity index (χ1) is 8.72. The van der Waals surface area contributed by atoms with Gasteiger partial charge in [0, 0.05) is 11.7 Å². The molecule has 96 valence electrons. The van der Waals surface area contributed by atoms with Crippen molar-refractivity contribution in [3.63, 3.8) is 0 Å². The van der Waals surface area contributed by atoms with Gasteiger partial charge in [0.25, 0.3) is 0 Å². The topological polar surface area (TPSA) is 58.0 Å². The number of fused-ring (bicyclic) bond motifs is 1. The Morgan fingerprint density at radius 3 is 3.00 bits per heavy atom. The maximum atomic E-state index is 11.1. The van der Waals surface area contributed by atoms with Gasteiger partial charge < -0.3 is 9.73 Å². The van der Waals surface area contributed by atoms with E-state index in [4.69, 9.17) is 4.42 Å².